The van der Waals surface area contributed by atoms with Gasteiger partial charge in [-0.25, -0.2) is 9.97 Å². The van der Waals surface area contributed by atoms with Crippen molar-refractivity contribution >= 4 is 5.95 Å². The maximum absolute atomic E-state index is 5.43. The van der Waals surface area contributed by atoms with Crippen LogP contribution >= 0.6 is 0 Å². The summed E-state index contributed by atoms with van der Waals surface area (Å²) in [7, 11) is 3.36. The molecule has 0 bridgehead atoms. The Labute approximate surface area is 149 Å². The lowest BCUT2D eigenvalue weighted by atomic mass is 9.99. The molecule has 6 nitrogen and oxygen atoms in total. The minimum absolute atomic E-state index is 0.710. The van der Waals surface area contributed by atoms with Crippen LogP contribution < -0.4 is 14.8 Å². The summed E-state index contributed by atoms with van der Waals surface area (Å²) in [4.78, 5) is 11.3. The number of hydrogen-bond donors (Lipinski definition) is 1. The number of nitrogens with zero attached hydrogens (tertiary/aromatic N) is 3. The lowest BCUT2D eigenvalue weighted by molar-refractivity contribution is 0.262. The van der Waals surface area contributed by atoms with Gasteiger partial charge in [-0.3, -0.25) is 4.90 Å². The van der Waals surface area contributed by atoms with E-state index in [0.717, 1.165) is 55.5 Å². The van der Waals surface area contributed by atoms with Gasteiger partial charge in [0.2, 0.25) is 5.95 Å². The molecule has 1 aromatic carbocycles. The number of rotatable bonds is 6. The highest BCUT2D eigenvalue weighted by Crippen LogP contribution is 2.33. The van der Waals surface area contributed by atoms with Crippen LogP contribution in [0.25, 0.3) is 0 Å². The van der Waals surface area contributed by atoms with Crippen molar-refractivity contribution in [2.75, 3.05) is 39.2 Å². The Morgan fingerprint density at radius 3 is 2.28 bits per heavy atom. The second-order valence-electron chi connectivity index (χ2n) is 6.40. The second kappa shape index (κ2) is 7.70. The molecule has 3 rings (SSSR count). The van der Waals surface area contributed by atoms with Crippen molar-refractivity contribution in [3.8, 4) is 11.5 Å². The molecule has 1 aliphatic heterocycles. The number of nitrogens with one attached hydrogen (secondary N) is 1. The molecule has 1 N–H and O–H groups in total. The smallest absolute Gasteiger partial charge is 0.223 e. The molecule has 134 valence electrons. The van der Waals surface area contributed by atoms with Gasteiger partial charge in [0.25, 0.3) is 0 Å². The van der Waals surface area contributed by atoms with Crippen molar-refractivity contribution in [3.05, 3.63) is 40.7 Å². The molecule has 0 saturated heterocycles. The Hall–Kier alpha value is -2.34. The number of anilines is 1. The first-order valence-corrected chi connectivity index (χ1v) is 8.61. The minimum atomic E-state index is 0.710. The predicted octanol–water partition coefficient (Wildman–Crippen LogP) is 2.58. The quantitative estimate of drug-likeness (QED) is 0.871. The molecule has 0 spiro atoms. The molecular formula is C19H26N4O2. The number of fused-ring (bicyclic) bond motifs is 1. The van der Waals surface area contributed by atoms with Gasteiger partial charge in [-0.05, 0) is 49.6 Å². The van der Waals surface area contributed by atoms with E-state index >= 15 is 0 Å². The summed E-state index contributed by atoms with van der Waals surface area (Å²) in [6.07, 6.45) is 1.02. The molecular weight excluding hydrogens is 316 g/mol. The van der Waals surface area contributed by atoms with Crippen LogP contribution in [-0.4, -0.2) is 48.7 Å². The van der Waals surface area contributed by atoms with Crippen molar-refractivity contribution in [3.63, 3.8) is 0 Å². The molecule has 1 aliphatic rings. The van der Waals surface area contributed by atoms with Crippen molar-refractivity contribution in [2.45, 2.75) is 26.8 Å². The highest BCUT2D eigenvalue weighted by molar-refractivity contribution is 5.48. The van der Waals surface area contributed by atoms with Crippen LogP contribution in [0.3, 0.4) is 0 Å². The maximum Gasteiger partial charge on any atom is 0.223 e. The number of aromatic nitrogens is 2. The highest BCUT2D eigenvalue weighted by atomic mass is 16.5. The number of hydrogen-bond acceptors (Lipinski definition) is 6. The van der Waals surface area contributed by atoms with Crippen molar-refractivity contribution in [1.29, 1.82) is 0 Å². The Morgan fingerprint density at radius 1 is 1.00 bits per heavy atom. The highest BCUT2D eigenvalue weighted by Gasteiger charge is 2.19. The zero-order valence-electron chi connectivity index (χ0n) is 15.4. The van der Waals surface area contributed by atoms with Crippen LogP contribution in [0.15, 0.2) is 18.2 Å². The summed E-state index contributed by atoms with van der Waals surface area (Å²) in [5.74, 6) is 2.31. The third-order valence-corrected chi connectivity index (χ3v) is 4.49. The van der Waals surface area contributed by atoms with Gasteiger partial charge < -0.3 is 14.8 Å². The van der Waals surface area contributed by atoms with E-state index in [2.05, 4.69) is 32.3 Å². The largest absolute Gasteiger partial charge is 0.493 e. The number of benzene rings is 1. The molecule has 0 aliphatic carbocycles. The summed E-state index contributed by atoms with van der Waals surface area (Å²) in [6.45, 7) is 7.71. The van der Waals surface area contributed by atoms with Gasteiger partial charge in [-0.1, -0.05) is 0 Å². The van der Waals surface area contributed by atoms with Gasteiger partial charge in [0.1, 0.15) is 0 Å². The molecule has 6 heteroatoms. The van der Waals surface area contributed by atoms with Crippen molar-refractivity contribution < 1.29 is 9.47 Å². The predicted molar refractivity (Wildman–Crippen MR) is 98.5 cm³/mol. The van der Waals surface area contributed by atoms with E-state index in [0.29, 0.717) is 5.95 Å². The van der Waals surface area contributed by atoms with Gasteiger partial charge in [0.15, 0.2) is 11.5 Å². The molecule has 1 aromatic heterocycles. The van der Waals surface area contributed by atoms with E-state index in [1.54, 1.807) is 14.2 Å². The average molecular weight is 342 g/mol. The topological polar surface area (TPSA) is 59.5 Å². The number of aryl methyl sites for hydroxylation is 2. The summed E-state index contributed by atoms with van der Waals surface area (Å²) in [5, 5.41) is 3.33. The third kappa shape index (κ3) is 4.20. The fourth-order valence-corrected chi connectivity index (χ4v) is 3.26. The molecule has 2 aromatic rings. The van der Waals surface area contributed by atoms with Crippen molar-refractivity contribution in [1.82, 2.24) is 14.9 Å². The molecule has 25 heavy (non-hydrogen) atoms. The fourth-order valence-electron chi connectivity index (χ4n) is 3.26. The monoisotopic (exact) mass is 342 g/mol. The SMILES string of the molecule is COc1cc2c(cc1OC)CN(CCNc1nc(C)cc(C)n1)CC2. The Kier molecular flexibility index (Phi) is 5.38. The van der Waals surface area contributed by atoms with E-state index < -0.39 is 0 Å². The van der Waals surface area contributed by atoms with Gasteiger partial charge in [0, 0.05) is 37.6 Å². The maximum atomic E-state index is 5.43. The lowest BCUT2D eigenvalue weighted by Crippen LogP contribution is -2.34. The van der Waals surface area contributed by atoms with Gasteiger partial charge in [-0.2, -0.15) is 0 Å². The summed E-state index contributed by atoms with van der Waals surface area (Å²) in [6, 6.07) is 6.18. The van der Waals surface area contributed by atoms with E-state index in [9.17, 15) is 0 Å². The molecule has 0 fully saturated rings. The van der Waals surface area contributed by atoms with Crippen LogP contribution in [-0.2, 0) is 13.0 Å². The Morgan fingerprint density at radius 2 is 1.64 bits per heavy atom. The number of methoxy groups -OCH3 is 2. The fraction of sp³-hybridized carbons (Fsp3) is 0.474. The molecule has 0 radical (unpaired) electrons. The minimum Gasteiger partial charge on any atom is -0.493 e. The summed E-state index contributed by atoms with van der Waals surface area (Å²) >= 11 is 0. The van der Waals surface area contributed by atoms with Crippen LogP contribution in [0, 0.1) is 13.8 Å². The molecule has 0 unspecified atom stereocenters. The first-order chi connectivity index (χ1) is 12.1. The van der Waals surface area contributed by atoms with E-state index in [1.165, 1.54) is 11.1 Å². The molecule has 2 heterocycles. The van der Waals surface area contributed by atoms with Gasteiger partial charge in [-0.15, -0.1) is 0 Å². The van der Waals surface area contributed by atoms with E-state index in [4.69, 9.17) is 9.47 Å². The first kappa shape index (κ1) is 17.5. The average Bonchev–Trinajstić information content (AvgIpc) is 2.59. The zero-order valence-corrected chi connectivity index (χ0v) is 15.4. The zero-order chi connectivity index (χ0) is 17.8. The Bertz CT molecular complexity index is 728. The van der Waals surface area contributed by atoms with E-state index in [-0.39, 0.29) is 0 Å². The van der Waals surface area contributed by atoms with Gasteiger partial charge in [0.05, 0.1) is 14.2 Å². The van der Waals surface area contributed by atoms with E-state index in [1.807, 2.05) is 19.9 Å². The van der Waals surface area contributed by atoms with Crippen LogP contribution in [0.2, 0.25) is 0 Å². The summed E-state index contributed by atoms with van der Waals surface area (Å²) < 4.78 is 10.8. The second-order valence-corrected chi connectivity index (χ2v) is 6.40. The standard InChI is InChI=1S/C19H26N4O2/c1-13-9-14(2)22-19(21-13)20-6-8-23-7-5-15-10-17(24-3)18(25-4)11-16(15)12-23/h9-11H,5-8,12H2,1-4H3,(H,20,21,22). The third-order valence-electron chi connectivity index (χ3n) is 4.49. The normalized spacial score (nSPS) is 14.1. The molecule has 0 amide bonds. The molecule has 0 saturated carbocycles. The lowest BCUT2D eigenvalue weighted by Gasteiger charge is -2.29. The molecule has 0 atom stereocenters. The number of ether oxygens (including phenoxy) is 2. The first-order valence-electron chi connectivity index (χ1n) is 8.61. The van der Waals surface area contributed by atoms with Gasteiger partial charge >= 0.3 is 0 Å². The summed E-state index contributed by atoms with van der Waals surface area (Å²) in [5.41, 5.74) is 4.64. The van der Waals surface area contributed by atoms with Crippen LogP contribution in [0.1, 0.15) is 22.5 Å². The van der Waals surface area contributed by atoms with Crippen molar-refractivity contribution in [2.24, 2.45) is 0 Å². The Balaban J connectivity index is 1.59. The van der Waals surface area contributed by atoms with Crippen LogP contribution in [0.4, 0.5) is 5.95 Å². The van der Waals surface area contributed by atoms with Crippen LogP contribution in [0.5, 0.6) is 11.5 Å².